The van der Waals surface area contributed by atoms with Crippen molar-refractivity contribution in [3.05, 3.63) is 33.6 Å². The zero-order valence-corrected chi connectivity index (χ0v) is 14.9. The highest BCUT2D eigenvalue weighted by Crippen LogP contribution is 2.25. The molecule has 1 aromatic rings. The van der Waals surface area contributed by atoms with Crippen molar-refractivity contribution in [3.63, 3.8) is 0 Å². The Bertz CT molecular complexity index is 693. The van der Waals surface area contributed by atoms with Crippen LogP contribution >= 0.6 is 23.2 Å². The van der Waals surface area contributed by atoms with E-state index in [1.54, 1.807) is 0 Å². The van der Waals surface area contributed by atoms with Crippen molar-refractivity contribution in [2.24, 2.45) is 0 Å². The second-order valence-corrected chi connectivity index (χ2v) is 6.55. The minimum atomic E-state index is -1.27. The van der Waals surface area contributed by atoms with E-state index in [2.05, 4.69) is 10.6 Å². The van der Waals surface area contributed by atoms with Gasteiger partial charge >= 0.3 is 12.0 Å². The predicted octanol–water partition coefficient (Wildman–Crippen LogP) is 3.45. The fraction of sp³-hybridized carbons (Fsp3) is 0.438. The molecule has 0 radical (unpaired) electrons. The van der Waals surface area contributed by atoms with Gasteiger partial charge in [0.25, 0.3) is 5.91 Å². The van der Waals surface area contributed by atoms with Crippen molar-refractivity contribution < 1.29 is 23.5 Å². The third-order valence-corrected chi connectivity index (χ3v) is 4.41. The summed E-state index contributed by atoms with van der Waals surface area (Å²) in [7, 11) is 0. The summed E-state index contributed by atoms with van der Waals surface area (Å²) in [5.74, 6) is -2.64. The summed E-state index contributed by atoms with van der Waals surface area (Å²) < 4.78 is 18.4. The van der Waals surface area contributed by atoms with Crippen LogP contribution < -0.4 is 10.6 Å². The number of carbonyl (C=O) groups excluding carboxylic acids is 3. The van der Waals surface area contributed by atoms with Crippen molar-refractivity contribution >= 4 is 41.1 Å². The molecule has 0 aromatic heterocycles. The molecule has 136 valence electrons. The summed E-state index contributed by atoms with van der Waals surface area (Å²) in [6.45, 7) is 1.29. The molecular weight excluding hydrogens is 374 g/mol. The molecule has 1 aliphatic rings. The summed E-state index contributed by atoms with van der Waals surface area (Å²) in [5, 5.41) is 4.43. The number of nitrogens with one attached hydrogen (secondary N) is 2. The third-order valence-electron chi connectivity index (χ3n) is 3.81. The van der Waals surface area contributed by atoms with Crippen molar-refractivity contribution in [1.29, 1.82) is 0 Å². The van der Waals surface area contributed by atoms with Gasteiger partial charge in [-0.05, 0) is 31.9 Å². The molecule has 2 rings (SSSR count). The number of urea groups is 1. The number of hydrogen-bond donors (Lipinski definition) is 2. The highest BCUT2D eigenvalue weighted by atomic mass is 35.5. The van der Waals surface area contributed by atoms with Gasteiger partial charge < -0.3 is 10.1 Å². The van der Waals surface area contributed by atoms with Crippen molar-refractivity contribution in [1.82, 2.24) is 10.6 Å². The minimum Gasteiger partial charge on any atom is -0.449 e. The van der Waals surface area contributed by atoms with Gasteiger partial charge in [-0.15, -0.1) is 0 Å². The van der Waals surface area contributed by atoms with E-state index in [1.807, 2.05) is 0 Å². The van der Waals surface area contributed by atoms with Gasteiger partial charge in [0, 0.05) is 6.04 Å². The van der Waals surface area contributed by atoms with Crippen LogP contribution in [0, 0.1) is 5.82 Å². The number of halogens is 3. The van der Waals surface area contributed by atoms with E-state index in [-0.39, 0.29) is 21.7 Å². The predicted molar refractivity (Wildman–Crippen MR) is 90.2 cm³/mol. The first-order chi connectivity index (χ1) is 11.8. The molecule has 1 fully saturated rings. The largest absolute Gasteiger partial charge is 0.449 e. The van der Waals surface area contributed by atoms with Gasteiger partial charge in [0.1, 0.15) is 5.82 Å². The van der Waals surface area contributed by atoms with Crippen LogP contribution in [0.3, 0.4) is 0 Å². The molecule has 9 heteroatoms. The van der Waals surface area contributed by atoms with E-state index in [4.69, 9.17) is 27.9 Å². The third kappa shape index (κ3) is 5.31. The summed E-state index contributed by atoms with van der Waals surface area (Å²) in [4.78, 5) is 35.7. The molecule has 3 amide bonds. The summed E-state index contributed by atoms with van der Waals surface area (Å²) in [6, 6.07) is 1.29. The molecule has 1 saturated carbocycles. The molecule has 1 aliphatic carbocycles. The Hall–Kier alpha value is -1.86. The van der Waals surface area contributed by atoms with Crippen LogP contribution in [0.2, 0.25) is 10.0 Å². The molecule has 0 bridgehead atoms. The standard InChI is InChI=1S/C16H17Cl2FN2O4/c1-8(14(22)21-16(24)20-9-4-2-3-5-9)25-15(23)10-6-13(19)12(18)7-11(10)17/h6-9H,2-5H2,1H3,(H2,20,21,22,24)/t8-/m1/s1. The second-order valence-electron chi connectivity index (χ2n) is 5.74. The smallest absolute Gasteiger partial charge is 0.340 e. The van der Waals surface area contributed by atoms with Crippen LogP contribution in [-0.2, 0) is 9.53 Å². The first kappa shape index (κ1) is 19.5. The Morgan fingerprint density at radius 3 is 2.48 bits per heavy atom. The van der Waals surface area contributed by atoms with Gasteiger partial charge in [-0.1, -0.05) is 36.0 Å². The Labute approximate surface area is 154 Å². The minimum absolute atomic E-state index is 0.0431. The van der Waals surface area contributed by atoms with Crippen LogP contribution in [0.4, 0.5) is 9.18 Å². The number of amides is 3. The van der Waals surface area contributed by atoms with Gasteiger partial charge in [0.15, 0.2) is 6.10 Å². The Morgan fingerprint density at radius 2 is 1.84 bits per heavy atom. The maximum Gasteiger partial charge on any atom is 0.340 e. The SMILES string of the molecule is C[C@@H](OC(=O)c1cc(F)c(Cl)cc1Cl)C(=O)NC(=O)NC1CCCC1. The lowest BCUT2D eigenvalue weighted by Crippen LogP contribution is -2.47. The average Bonchev–Trinajstić information content (AvgIpc) is 3.03. The lowest BCUT2D eigenvalue weighted by molar-refractivity contribution is -0.127. The summed E-state index contributed by atoms with van der Waals surface area (Å²) >= 11 is 11.4. The lowest BCUT2D eigenvalue weighted by Gasteiger charge is -2.16. The average molecular weight is 391 g/mol. The van der Waals surface area contributed by atoms with E-state index in [9.17, 15) is 18.8 Å². The molecule has 1 aromatic carbocycles. The number of imide groups is 1. The van der Waals surface area contributed by atoms with Crippen molar-refractivity contribution in [2.75, 3.05) is 0 Å². The monoisotopic (exact) mass is 390 g/mol. The fourth-order valence-electron chi connectivity index (χ4n) is 2.46. The number of carbonyl (C=O) groups is 3. The Kier molecular flexibility index (Phi) is 6.61. The van der Waals surface area contributed by atoms with Gasteiger partial charge in [-0.2, -0.15) is 0 Å². The van der Waals surface area contributed by atoms with E-state index < -0.39 is 29.8 Å². The second kappa shape index (κ2) is 8.49. The van der Waals surface area contributed by atoms with Crippen LogP contribution in [0.1, 0.15) is 43.0 Å². The molecule has 25 heavy (non-hydrogen) atoms. The quantitative estimate of drug-likeness (QED) is 0.608. The highest BCUT2D eigenvalue weighted by molar-refractivity contribution is 6.36. The number of rotatable bonds is 4. The maximum absolute atomic E-state index is 13.5. The fourth-order valence-corrected chi connectivity index (χ4v) is 2.92. The topological polar surface area (TPSA) is 84.5 Å². The zero-order chi connectivity index (χ0) is 18.6. The molecule has 0 saturated heterocycles. The highest BCUT2D eigenvalue weighted by Gasteiger charge is 2.24. The zero-order valence-electron chi connectivity index (χ0n) is 13.4. The lowest BCUT2D eigenvalue weighted by atomic mass is 10.2. The van der Waals surface area contributed by atoms with Gasteiger partial charge in [0.2, 0.25) is 0 Å². The van der Waals surface area contributed by atoms with Crippen LogP contribution in [0.15, 0.2) is 12.1 Å². The molecule has 1 atom stereocenters. The number of ether oxygens (including phenoxy) is 1. The Balaban J connectivity index is 1.90. The van der Waals surface area contributed by atoms with Gasteiger partial charge in [0.05, 0.1) is 15.6 Å². The molecule has 6 nitrogen and oxygen atoms in total. The van der Waals surface area contributed by atoms with E-state index in [1.165, 1.54) is 6.92 Å². The first-order valence-electron chi connectivity index (χ1n) is 7.75. The number of benzene rings is 1. The summed E-state index contributed by atoms with van der Waals surface area (Å²) in [5.41, 5.74) is -0.265. The van der Waals surface area contributed by atoms with Crippen molar-refractivity contribution in [3.8, 4) is 0 Å². The van der Waals surface area contributed by atoms with E-state index in [0.29, 0.717) is 0 Å². The summed E-state index contributed by atoms with van der Waals surface area (Å²) in [6.07, 6.45) is 2.53. The molecule has 2 N–H and O–H groups in total. The van der Waals surface area contributed by atoms with Crippen LogP contribution in [0.25, 0.3) is 0 Å². The number of hydrogen-bond acceptors (Lipinski definition) is 4. The molecule has 0 aliphatic heterocycles. The van der Waals surface area contributed by atoms with E-state index in [0.717, 1.165) is 37.8 Å². The first-order valence-corrected chi connectivity index (χ1v) is 8.50. The van der Waals surface area contributed by atoms with Crippen LogP contribution in [0.5, 0.6) is 0 Å². The van der Waals surface area contributed by atoms with E-state index >= 15 is 0 Å². The van der Waals surface area contributed by atoms with Crippen molar-refractivity contribution in [2.45, 2.75) is 44.8 Å². The Morgan fingerprint density at radius 1 is 1.20 bits per heavy atom. The molecular formula is C16H17Cl2FN2O4. The molecule has 0 unspecified atom stereocenters. The van der Waals surface area contributed by atoms with Gasteiger partial charge in [-0.25, -0.2) is 14.0 Å². The molecule has 0 heterocycles. The van der Waals surface area contributed by atoms with Crippen LogP contribution in [-0.4, -0.2) is 30.1 Å². The molecule has 0 spiro atoms. The normalized spacial score (nSPS) is 15.5. The van der Waals surface area contributed by atoms with Gasteiger partial charge in [-0.3, -0.25) is 10.1 Å². The number of esters is 1. The maximum atomic E-state index is 13.5.